The second kappa shape index (κ2) is 4.82. The number of nitrogens with one attached hydrogen (secondary N) is 2. The molecule has 0 spiro atoms. The summed E-state index contributed by atoms with van der Waals surface area (Å²) in [4.78, 5) is 10.6. The summed E-state index contributed by atoms with van der Waals surface area (Å²) in [5.74, 6) is -2.76. The van der Waals surface area contributed by atoms with E-state index in [0.29, 0.717) is 0 Å². The third kappa shape index (κ3) is 2.45. The van der Waals surface area contributed by atoms with Gasteiger partial charge >= 0.3 is 5.97 Å². The van der Waals surface area contributed by atoms with Crippen LogP contribution in [0.25, 0.3) is 0 Å². The fourth-order valence-corrected chi connectivity index (χ4v) is 1.39. The highest BCUT2D eigenvalue weighted by Crippen LogP contribution is 2.13. The topological polar surface area (TPSA) is 78.0 Å². The number of halogens is 2. The lowest BCUT2D eigenvalue weighted by Gasteiger charge is -2.04. The summed E-state index contributed by atoms with van der Waals surface area (Å²) >= 11 is 0. The minimum absolute atomic E-state index is 0.00745. The fraction of sp³-hybridized carbons (Fsp3) is 0.0909. The van der Waals surface area contributed by atoms with Gasteiger partial charge in [0.05, 0.1) is 0 Å². The van der Waals surface area contributed by atoms with Gasteiger partial charge in [0.2, 0.25) is 0 Å². The summed E-state index contributed by atoms with van der Waals surface area (Å²) in [5.41, 5.74) is 0.0482. The summed E-state index contributed by atoms with van der Waals surface area (Å²) in [6.07, 6.45) is 0. The fourth-order valence-electron chi connectivity index (χ4n) is 1.39. The van der Waals surface area contributed by atoms with Crippen LogP contribution in [0.3, 0.4) is 0 Å². The van der Waals surface area contributed by atoms with Crippen LogP contribution in [0, 0.1) is 11.6 Å². The van der Waals surface area contributed by atoms with Crippen LogP contribution in [0.1, 0.15) is 16.1 Å². The molecule has 0 fully saturated rings. The quantitative estimate of drug-likeness (QED) is 0.778. The lowest BCUT2D eigenvalue weighted by molar-refractivity contribution is 0.0690. The van der Waals surface area contributed by atoms with Crippen molar-refractivity contribution >= 4 is 11.8 Å². The number of benzene rings is 1. The van der Waals surface area contributed by atoms with Crippen LogP contribution in [-0.2, 0) is 6.54 Å². The third-order valence-corrected chi connectivity index (χ3v) is 2.30. The number of aromatic amines is 1. The highest BCUT2D eigenvalue weighted by atomic mass is 19.2. The molecule has 94 valence electrons. The van der Waals surface area contributed by atoms with Crippen LogP contribution in [0.15, 0.2) is 24.3 Å². The maximum Gasteiger partial charge on any atom is 0.353 e. The van der Waals surface area contributed by atoms with Crippen molar-refractivity contribution in [3.63, 3.8) is 0 Å². The molecule has 0 aliphatic carbocycles. The van der Waals surface area contributed by atoms with Crippen LogP contribution < -0.4 is 5.32 Å². The van der Waals surface area contributed by atoms with Crippen molar-refractivity contribution in [1.82, 2.24) is 10.2 Å². The second-order valence-corrected chi connectivity index (χ2v) is 3.54. The van der Waals surface area contributed by atoms with Crippen molar-refractivity contribution in [3.8, 4) is 0 Å². The number of carboxylic acids is 1. The van der Waals surface area contributed by atoms with E-state index < -0.39 is 17.6 Å². The van der Waals surface area contributed by atoms with Gasteiger partial charge in [-0.1, -0.05) is 12.1 Å². The summed E-state index contributed by atoms with van der Waals surface area (Å²) < 4.78 is 26.2. The number of aromatic nitrogens is 2. The molecule has 0 unspecified atom stereocenters. The molecule has 2 rings (SSSR count). The Morgan fingerprint density at radius 1 is 1.44 bits per heavy atom. The minimum atomic E-state index is -1.15. The van der Waals surface area contributed by atoms with Gasteiger partial charge in [-0.3, -0.25) is 5.10 Å². The van der Waals surface area contributed by atoms with E-state index in [9.17, 15) is 13.6 Å². The standard InChI is InChI=1S/C11H9F2N3O2/c12-7-3-1-2-6(10(7)13)5-14-9-4-8(11(17)18)15-16-9/h1-4H,5H2,(H,17,18)(H2,14,15,16). The monoisotopic (exact) mass is 253 g/mol. The second-order valence-electron chi connectivity index (χ2n) is 3.54. The van der Waals surface area contributed by atoms with Crippen LogP contribution in [0.5, 0.6) is 0 Å². The Kier molecular flexibility index (Phi) is 3.22. The van der Waals surface area contributed by atoms with Crippen molar-refractivity contribution in [1.29, 1.82) is 0 Å². The minimum Gasteiger partial charge on any atom is -0.477 e. The van der Waals surface area contributed by atoms with Crippen molar-refractivity contribution in [2.75, 3.05) is 5.32 Å². The van der Waals surface area contributed by atoms with E-state index in [1.54, 1.807) is 0 Å². The number of carboxylic acid groups (broad SMARTS) is 1. The first-order valence-corrected chi connectivity index (χ1v) is 5.03. The predicted octanol–water partition coefficient (Wildman–Crippen LogP) is 2.00. The van der Waals surface area contributed by atoms with Crippen LogP contribution in [0.4, 0.5) is 14.6 Å². The maximum atomic E-state index is 13.3. The SMILES string of the molecule is O=C(O)c1cc(NCc2cccc(F)c2F)n[nH]1. The first-order chi connectivity index (χ1) is 8.58. The number of H-pyrrole nitrogens is 1. The average Bonchev–Trinajstić information content (AvgIpc) is 2.80. The molecule has 2 aromatic rings. The molecular formula is C11H9F2N3O2. The predicted molar refractivity (Wildman–Crippen MR) is 59.2 cm³/mol. The molecule has 18 heavy (non-hydrogen) atoms. The summed E-state index contributed by atoms with van der Waals surface area (Å²) in [7, 11) is 0. The van der Waals surface area contributed by atoms with Gasteiger partial charge in [0.25, 0.3) is 0 Å². The van der Waals surface area contributed by atoms with E-state index >= 15 is 0 Å². The third-order valence-electron chi connectivity index (χ3n) is 2.30. The highest BCUT2D eigenvalue weighted by molar-refractivity contribution is 5.86. The summed E-state index contributed by atoms with van der Waals surface area (Å²) in [6.45, 7) is 0.00745. The average molecular weight is 253 g/mol. The number of aromatic carboxylic acids is 1. The largest absolute Gasteiger partial charge is 0.477 e. The van der Waals surface area contributed by atoms with Gasteiger partial charge in [0, 0.05) is 18.2 Å². The molecule has 0 saturated heterocycles. The molecule has 3 N–H and O–H groups in total. The molecule has 0 aliphatic rings. The Hall–Kier alpha value is -2.44. The molecule has 0 saturated carbocycles. The zero-order valence-corrected chi connectivity index (χ0v) is 9.08. The van der Waals surface area contributed by atoms with Gasteiger partial charge in [-0.25, -0.2) is 13.6 Å². The molecule has 5 nitrogen and oxygen atoms in total. The molecule has 0 bridgehead atoms. The summed E-state index contributed by atoms with van der Waals surface area (Å²) in [5, 5.41) is 17.3. The maximum absolute atomic E-state index is 13.3. The molecule has 0 atom stereocenters. The molecular weight excluding hydrogens is 244 g/mol. The Morgan fingerprint density at radius 3 is 2.89 bits per heavy atom. The van der Waals surface area contributed by atoms with E-state index in [1.165, 1.54) is 18.2 Å². The number of hydrogen-bond acceptors (Lipinski definition) is 3. The van der Waals surface area contributed by atoms with Crippen molar-refractivity contribution in [3.05, 3.63) is 47.2 Å². The zero-order chi connectivity index (χ0) is 13.1. The van der Waals surface area contributed by atoms with E-state index in [-0.39, 0.29) is 23.6 Å². The van der Waals surface area contributed by atoms with Gasteiger partial charge in [0.1, 0.15) is 11.5 Å². The lowest BCUT2D eigenvalue weighted by Crippen LogP contribution is -2.03. The Bertz CT molecular complexity index is 583. The Balaban J connectivity index is 2.07. The molecule has 7 heteroatoms. The van der Waals surface area contributed by atoms with Crippen LogP contribution in [-0.4, -0.2) is 21.3 Å². The molecule has 0 amide bonds. The van der Waals surface area contributed by atoms with Crippen LogP contribution >= 0.6 is 0 Å². The van der Waals surface area contributed by atoms with Crippen molar-refractivity contribution < 1.29 is 18.7 Å². The number of rotatable bonds is 4. The lowest BCUT2D eigenvalue weighted by atomic mass is 10.2. The number of anilines is 1. The van der Waals surface area contributed by atoms with Gasteiger partial charge in [0.15, 0.2) is 11.6 Å². The van der Waals surface area contributed by atoms with Crippen molar-refractivity contribution in [2.45, 2.75) is 6.54 Å². The Labute approximate surface area is 100 Å². The first-order valence-electron chi connectivity index (χ1n) is 5.03. The van der Waals surface area contributed by atoms with Gasteiger partial charge < -0.3 is 10.4 Å². The van der Waals surface area contributed by atoms with E-state index in [4.69, 9.17) is 5.11 Å². The normalized spacial score (nSPS) is 10.3. The number of nitrogens with zero attached hydrogens (tertiary/aromatic N) is 1. The molecule has 1 heterocycles. The van der Waals surface area contributed by atoms with E-state index in [2.05, 4.69) is 15.5 Å². The smallest absolute Gasteiger partial charge is 0.353 e. The van der Waals surface area contributed by atoms with Gasteiger partial charge in [-0.05, 0) is 6.07 Å². The molecule has 0 aliphatic heterocycles. The summed E-state index contributed by atoms with van der Waals surface area (Å²) in [6, 6.07) is 5.11. The number of hydrogen-bond donors (Lipinski definition) is 3. The zero-order valence-electron chi connectivity index (χ0n) is 9.08. The van der Waals surface area contributed by atoms with Crippen molar-refractivity contribution in [2.24, 2.45) is 0 Å². The van der Waals surface area contributed by atoms with E-state index in [0.717, 1.165) is 6.07 Å². The van der Waals surface area contributed by atoms with E-state index in [1.807, 2.05) is 0 Å². The molecule has 1 aromatic heterocycles. The first kappa shape index (κ1) is 12.0. The van der Waals surface area contributed by atoms with Gasteiger partial charge in [-0.2, -0.15) is 5.10 Å². The molecule has 0 radical (unpaired) electrons. The van der Waals surface area contributed by atoms with Gasteiger partial charge in [-0.15, -0.1) is 0 Å². The number of carbonyl (C=O) groups is 1. The highest BCUT2D eigenvalue weighted by Gasteiger charge is 2.10. The van der Waals surface area contributed by atoms with Crippen LogP contribution in [0.2, 0.25) is 0 Å². The molecule has 1 aromatic carbocycles. The Morgan fingerprint density at radius 2 is 2.22 bits per heavy atom.